The Balaban J connectivity index is 1.96. The second kappa shape index (κ2) is 4.91. The molecule has 7 nitrogen and oxygen atoms in total. The first-order chi connectivity index (χ1) is 10.2. The minimum Gasteiger partial charge on any atom is -0.460 e. The lowest BCUT2D eigenvalue weighted by Gasteiger charge is -2.36. The Hall–Kier alpha value is -1.18. The topological polar surface area (TPSA) is 80.3 Å². The number of esters is 2. The van der Waals surface area contributed by atoms with Gasteiger partial charge in [-0.2, -0.15) is 0 Å². The maximum Gasteiger partial charge on any atom is 0.303 e. The van der Waals surface area contributed by atoms with Crippen LogP contribution in [0.1, 0.15) is 41.0 Å². The van der Waals surface area contributed by atoms with Crippen molar-refractivity contribution < 1.29 is 33.3 Å². The van der Waals surface area contributed by atoms with E-state index in [4.69, 9.17) is 23.7 Å². The van der Waals surface area contributed by atoms with Crippen LogP contribution in [-0.2, 0) is 33.3 Å². The van der Waals surface area contributed by atoms with Gasteiger partial charge in [-0.25, -0.2) is 0 Å². The average Bonchev–Trinajstić information content (AvgIpc) is 2.87. The SMILES string of the molecule is CC(=O)O[C@@H]1CC(C)[C@@]2(OC(C)=O)[C@@H]1O[C@@H]1OC(C)(C)O[C@@H]12. The van der Waals surface area contributed by atoms with Gasteiger partial charge in [0.15, 0.2) is 23.8 Å². The van der Waals surface area contributed by atoms with Crippen molar-refractivity contribution in [1.82, 2.24) is 0 Å². The monoisotopic (exact) mass is 314 g/mol. The summed E-state index contributed by atoms with van der Waals surface area (Å²) in [6.45, 7) is 8.22. The van der Waals surface area contributed by atoms with E-state index in [1.54, 1.807) is 13.8 Å². The van der Waals surface area contributed by atoms with Crippen LogP contribution in [0.25, 0.3) is 0 Å². The van der Waals surface area contributed by atoms with E-state index >= 15 is 0 Å². The Morgan fingerprint density at radius 3 is 2.36 bits per heavy atom. The van der Waals surface area contributed by atoms with Gasteiger partial charge in [0.2, 0.25) is 0 Å². The molecule has 1 unspecified atom stereocenters. The molecule has 22 heavy (non-hydrogen) atoms. The molecule has 1 aliphatic carbocycles. The third-order valence-corrected chi connectivity index (χ3v) is 4.56. The summed E-state index contributed by atoms with van der Waals surface area (Å²) >= 11 is 0. The molecule has 1 saturated carbocycles. The second-order valence-electron chi connectivity index (χ2n) is 6.71. The molecule has 2 heterocycles. The third-order valence-electron chi connectivity index (χ3n) is 4.56. The standard InChI is InChI=1S/C15H22O7/c1-7-6-10(18-8(2)16)11-15(7,20-9(3)17)12-13(19-11)22-14(4,5)21-12/h7,10-13H,6H2,1-5H3/t7?,10-,11-,12+,13-,15-/m1/s1. The van der Waals surface area contributed by atoms with Crippen LogP contribution in [0.4, 0.5) is 0 Å². The quantitative estimate of drug-likeness (QED) is 0.707. The minimum absolute atomic E-state index is 0.0850. The highest BCUT2D eigenvalue weighted by Gasteiger charge is 2.73. The van der Waals surface area contributed by atoms with E-state index in [9.17, 15) is 9.59 Å². The van der Waals surface area contributed by atoms with Gasteiger partial charge in [0.1, 0.15) is 12.2 Å². The molecule has 0 aromatic carbocycles. The van der Waals surface area contributed by atoms with Crippen LogP contribution in [0, 0.1) is 5.92 Å². The van der Waals surface area contributed by atoms with Crippen molar-refractivity contribution >= 4 is 11.9 Å². The number of fused-ring (bicyclic) bond motifs is 3. The van der Waals surface area contributed by atoms with Crippen molar-refractivity contribution in [2.75, 3.05) is 0 Å². The first-order valence-electron chi connectivity index (χ1n) is 7.53. The molecule has 0 N–H and O–H groups in total. The number of hydrogen-bond acceptors (Lipinski definition) is 7. The summed E-state index contributed by atoms with van der Waals surface area (Å²) in [5.41, 5.74) is -0.996. The van der Waals surface area contributed by atoms with E-state index in [0.717, 1.165) is 0 Å². The Bertz CT molecular complexity index is 502. The zero-order valence-electron chi connectivity index (χ0n) is 13.5. The van der Waals surface area contributed by atoms with Gasteiger partial charge in [-0.05, 0) is 20.3 Å². The molecule has 124 valence electrons. The summed E-state index contributed by atoms with van der Waals surface area (Å²) in [5, 5.41) is 0. The van der Waals surface area contributed by atoms with E-state index in [2.05, 4.69) is 0 Å². The summed E-state index contributed by atoms with van der Waals surface area (Å²) in [7, 11) is 0. The van der Waals surface area contributed by atoms with Gasteiger partial charge in [-0.3, -0.25) is 9.59 Å². The van der Waals surface area contributed by atoms with E-state index in [1.807, 2.05) is 6.92 Å². The highest BCUT2D eigenvalue weighted by atomic mass is 16.8. The zero-order chi connectivity index (χ0) is 16.3. The number of hydrogen-bond donors (Lipinski definition) is 0. The van der Waals surface area contributed by atoms with Crippen molar-refractivity contribution in [2.45, 2.75) is 77.0 Å². The molecule has 0 spiro atoms. The predicted octanol–water partition coefficient (Wildman–Crippen LogP) is 1.14. The van der Waals surface area contributed by atoms with Crippen LogP contribution in [0.2, 0.25) is 0 Å². The summed E-state index contributed by atoms with van der Waals surface area (Å²) in [6.07, 6.45) is -1.69. The maximum atomic E-state index is 11.7. The summed E-state index contributed by atoms with van der Waals surface area (Å²) < 4.78 is 28.7. The molecule has 0 bridgehead atoms. The lowest BCUT2D eigenvalue weighted by molar-refractivity contribution is -0.242. The predicted molar refractivity (Wildman–Crippen MR) is 72.5 cm³/mol. The van der Waals surface area contributed by atoms with Crippen LogP contribution in [0.5, 0.6) is 0 Å². The molecule has 6 atom stereocenters. The fourth-order valence-corrected chi connectivity index (χ4v) is 3.93. The molecule has 2 aliphatic heterocycles. The van der Waals surface area contributed by atoms with E-state index in [1.165, 1.54) is 13.8 Å². The van der Waals surface area contributed by atoms with Crippen LogP contribution in [0.3, 0.4) is 0 Å². The molecular weight excluding hydrogens is 292 g/mol. The fourth-order valence-electron chi connectivity index (χ4n) is 3.93. The summed E-state index contributed by atoms with van der Waals surface area (Å²) in [4.78, 5) is 23.0. The second-order valence-corrected chi connectivity index (χ2v) is 6.71. The molecule has 3 aliphatic rings. The molecule has 0 aromatic heterocycles. The van der Waals surface area contributed by atoms with Crippen molar-refractivity contribution in [3.8, 4) is 0 Å². The number of carbonyl (C=O) groups is 2. The Morgan fingerprint density at radius 1 is 1.09 bits per heavy atom. The average molecular weight is 314 g/mol. The van der Waals surface area contributed by atoms with E-state index in [0.29, 0.717) is 6.42 Å². The van der Waals surface area contributed by atoms with Gasteiger partial charge >= 0.3 is 11.9 Å². The molecule has 3 fully saturated rings. The van der Waals surface area contributed by atoms with Gasteiger partial charge in [0.05, 0.1) is 0 Å². The molecule has 0 radical (unpaired) electrons. The van der Waals surface area contributed by atoms with Crippen LogP contribution in [0.15, 0.2) is 0 Å². The molecule has 7 heteroatoms. The van der Waals surface area contributed by atoms with Crippen molar-refractivity contribution in [3.05, 3.63) is 0 Å². The van der Waals surface area contributed by atoms with Crippen LogP contribution >= 0.6 is 0 Å². The van der Waals surface area contributed by atoms with Crippen molar-refractivity contribution in [3.63, 3.8) is 0 Å². The Labute approximate surface area is 129 Å². The normalized spacial score (nSPS) is 45.2. The van der Waals surface area contributed by atoms with Crippen LogP contribution < -0.4 is 0 Å². The first-order valence-corrected chi connectivity index (χ1v) is 7.53. The maximum absolute atomic E-state index is 11.7. The van der Waals surface area contributed by atoms with E-state index in [-0.39, 0.29) is 5.92 Å². The number of ether oxygens (including phenoxy) is 5. The third kappa shape index (κ3) is 2.23. The first kappa shape index (κ1) is 15.7. The van der Waals surface area contributed by atoms with Gasteiger partial charge in [0, 0.05) is 19.8 Å². The highest BCUT2D eigenvalue weighted by Crippen LogP contribution is 2.55. The number of carbonyl (C=O) groups excluding carboxylic acids is 2. The van der Waals surface area contributed by atoms with Gasteiger partial charge in [0.25, 0.3) is 0 Å². The van der Waals surface area contributed by atoms with Crippen molar-refractivity contribution in [2.24, 2.45) is 5.92 Å². The van der Waals surface area contributed by atoms with Gasteiger partial charge in [-0.15, -0.1) is 0 Å². The minimum atomic E-state index is -0.996. The Kier molecular flexibility index (Phi) is 3.50. The molecule has 2 saturated heterocycles. The van der Waals surface area contributed by atoms with Gasteiger partial charge < -0.3 is 23.7 Å². The summed E-state index contributed by atoms with van der Waals surface area (Å²) in [6, 6.07) is 0. The largest absolute Gasteiger partial charge is 0.460 e. The van der Waals surface area contributed by atoms with E-state index < -0.39 is 47.9 Å². The molecular formula is C15H22O7. The van der Waals surface area contributed by atoms with Crippen molar-refractivity contribution in [1.29, 1.82) is 0 Å². The molecule has 3 rings (SSSR count). The van der Waals surface area contributed by atoms with Gasteiger partial charge in [-0.1, -0.05) is 6.92 Å². The Morgan fingerprint density at radius 2 is 1.77 bits per heavy atom. The summed E-state index contributed by atoms with van der Waals surface area (Å²) in [5.74, 6) is -1.71. The van der Waals surface area contributed by atoms with Crippen LogP contribution in [-0.4, -0.2) is 47.9 Å². The molecule has 0 aromatic rings. The lowest BCUT2D eigenvalue weighted by Crippen LogP contribution is -2.54. The smallest absolute Gasteiger partial charge is 0.303 e. The molecule has 0 amide bonds. The lowest BCUT2D eigenvalue weighted by atomic mass is 9.86. The fraction of sp³-hybridized carbons (Fsp3) is 0.867. The number of rotatable bonds is 2. The highest BCUT2D eigenvalue weighted by molar-refractivity contribution is 5.67. The zero-order valence-corrected chi connectivity index (χ0v) is 13.5.